The molecular formula is C15H14Br2FNO. The van der Waals surface area contributed by atoms with Crippen LogP contribution in [0.25, 0.3) is 0 Å². The molecular weight excluding hydrogens is 389 g/mol. The molecule has 0 aliphatic carbocycles. The molecule has 2 aromatic carbocycles. The van der Waals surface area contributed by atoms with Gasteiger partial charge in [0.2, 0.25) is 0 Å². The van der Waals surface area contributed by atoms with Crippen LogP contribution in [0.2, 0.25) is 0 Å². The van der Waals surface area contributed by atoms with Gasteiger partial charge in [0.05, 0.1) is 11.6 Å². The van der Waals surface area contributed by atoms with Crippen molar-refractivity contribution in [1.82, 2.24) is 0 Å². The molecule has 0 amide bonds. The number of hydrogen-bond acceptors (Lipinski definition) is 2. The fourth-order valence-electron chi connectivity index (χ4n) is 2.04. The van der Waals surface area contributed by atoms with Gasteiger partial charge in [0.1, 0.15) is 11.6 Å². The van der Waals surface area contributed by atoms with Crippen molar-refractivity contribution in [1.29, 1.82) is 0 Å². The summed E-state index contributed by atoms with van der Waals surface area (Å²) in [5.74, 6) is 0.105. The molecule has 2 N–H and O–H groups in total. The minimum Gasteiger partial charge on any atom is -0.496 e. The van der Waals surface area contributed by atoms with Crippen LogP contribution in [0, 0.1) is 5.82 Å². The molecule has 1 atom stereocenters. The van der Waals surface area contributed by atoms with Gasteiger partial charge in [-0.1, -0.05) is 28.1 Å². The van der Waals surface area contributed by atoms with E-state index >= 15 is 0 Å². The Labute approximate surface area is 134 Å². The van der Waals surface area contributed by atoms with E-state index in [-0.39, 0.29) is 11.9 Å². The quantitative estimate of drug-likeness (QED) is 0.810. The van der Waals surface area contributed by atoms with Gasteiger partial charge >= 0.3 is 0 Å². The summed E-state index contributed by atoms with van der Waals surface area (Å²) in [4.78, 5) is 0. The van der Waals surface area contributed by atoms with E-state index in [1.807, 2.05) is 24.3 Å². The zero-order valence-electron chi connectivity index (χ0n) is 10.9. The summed E-state index contributed by atoms with van der Waals surface area (Å²) in [6.07, 6.45) is 0.647. The number of ether oxygens (including phenoxy) is 1. The van der Waals surface area contributed by atoms with Crippen LogP contribution in [0.5, 0.6) is 5.75 Å². The Kier molecular flexibility index (Phi) is 5.18. The zero-order valence-corrected chi connectivity index (χ0v) is 14.0. The van der Waals surface area contributed by atoms with Gasteiger partial charge in [-0.2, -0.15) is 0 Å². The van der Waals surface area contributed by atoms with Crippen molar-refractivity contribution in [2.24, 2.45) is 5.73 Å². The van der Waals surface area contributed by atoms with Gasteiger partial charge in [-0.05, 0) is 46.1 Å². The van der Waals surface area contributed by atoms with Gasteiger partial charge in [-0.25, -0.2) is 4.39 Å². The van der Waals surface area contributed by atoms with Crippen LogP contribution in [0.15, 0.2) is 45.3 Å². The van der Waals surface area contributed by atoms with E-state index in [4.69, 9.17) is 10.5 Å². The lowest BCUT2D eigenvalue weighted by atomic mass is 9.99. The van der Waals surface area contributed by atoms with Crippen LogP contribution in [0.3, 0.4) is 0 Å². The van der Waals surface area contributed by atoms with Gasteiger partial charge < -0.3 is 10.5 Å². The molecule has 0 saturated carbocycles. The number of hydrogen-bond donors (Lipinski definition) is 1. The monoisotopic (exact) mass is 401 g/mol. The van der Waals surface area contributed by atoms with E-state index < -0.39 is 0 Å². The SMILES string of the molecule is COc1cc(F)c(Br)cc1C(N)Cc1cccc(Br)c1. The Hall–Kier alpha value is -0.910. The molecule has 0 bridgehead atoms. The molecule has 2 nitrogen and oxygen atoms in total. The molecule has 0 aromatic heterocycles. The number of nitrogens with two attached hydrogens (primary N) is 1. The molecule has 0 heterocycles. The summed E-state index contributed by atoms with van der Waals surface area (Å²) in [5, 5.41) is 0. The van der Waals surface area contributed by atoms with Gasteiger partial charge in [0.25, 0.3) is 0 Å². The molecule has 2 aromatic rings. The van der Waals surface area contributed by atoms with E-state index in [2.05, 4.69) is 31.9 Å². The molecule has 2 rings (SSSR count). The fourth-order valence-corrected chi connectivity index (χ4v) is 2.85. The molecule has 0 radical (unpaired) electrons. The normalized spacial score (nSPS) is 12.2. The molecule has 0 aliphatic heterocycles. The van der Waals surface area contributed by atoms with E-state index in [1.165, 1.54) is 13.2 Å². The van der Waals surface area contributed by atoms with E-state index in [1.54, 1.807) is 6.07 Å². The maximum absolute atomic E-state index is 13.5. The first-order chi connectivity index (χ1) is 9.51. The molecule has 0 saturated heterocycles. The Bertz CT molecular complexity index is 619. The second-order valence-electron chi connectivity index (χ2n) is 4.45. The molecule has 20 heavy (non-hydrogen) atoms. The minimum atomic E-state index is -0.361. The Morgan fingerprint density at radius 2 is 2.00 bits per heavy atom. The van der Waals surface area contributed by atoms with Crippen molar-refractivity contribution in [3.8, 4) is 5.75 Å². The predicted molar refractivity (Wildman–Crippen MR) is 85.4 cm³/mol. The van der Waals surface area contributed by atoms with Crippen LogP contribution in [0.4, 0.5) is 4.39 Å². The van der Waals surface area contributed by atoms with E-state index in [9.17, 15) is 4.39 Å². The van der Waals surface area contributed by atoms with Gasteiger partial charge in [-0.3, -0.25) is 0 Å². The predicted octanol–water partition coefficient (Wildman–Crippen LogP) is 4.60. The number of halogens is 3. The van der Waals surface area contributed by atoms with Crippen molar-refractivity contribution >= 4 is 31.9 Å². The first kappa shape index (κ1) is 15.5. The first-order valence-corrected chi connectivity index (χ1v) is 7.63. The summed E-state index contributed by atoms with van der Waals surface area (Å²) >= 11 is 6.62. The maximum atomic E-state index is 13.5. The highest BCUT2D eigenvalue weighted by Crippen LogP contribution is 2.31. The van der Waals surface area contributed by atoms with Crippen molar-refractivity contribution in [2.75, 3.05) is 7.11 Å². The third-order valence-electron chi connectivity index (χ3n) is 3.02. The number of methoxy groups -OCH3 is 1. The Morgan fingerprint density at radius 1 is 1.25 bits per heavy atom. The van der Waals surface area contributed by atoms with Crippen LogP contribution >= 0.6 is 31.9 Å². The van der Waals surface area contributed by atoms with E-state index in [0.29, 0.717) is 16.6 Å². The van der Waals surface area contributed by atoms with Gasteiger partial charge in [0.15, 0.2) is 0 Å². The second-order valence-corrected chi connectivity index (χ2v) is 6.22. The smallest absolute Gasteiger partial charge is 0.141 e. The lowest BCUT2D eigenvalue weighted by Gasteiger charge is -2.17. The average molecular weight is 403 g/mol. The topological polar surface area (TPSA) is 35.2 Å². The van der Waals surface area contributed by atoms with Crippen LogP contribution in [-0.2, 0) is 6.42 Å². The van der Waals surface area contributed by atoms with Crippen molar-refractivity contribution < 1.29 is 9.13 Å². The zero-order chi connectivity index (χ0) is 14.7. The molecule has 0 aliphatic rings. The first-order valence-electron chi connectivity index (χ1n) is 6.04. The van der Waals surface area contributed by atoms with Gasteiger partial charge in [0, 0.05) is 22.1 Å². The summed E-state index contributed by atoms with van der Waals surface area (Å²) in [6, 6.07) is 10.7. The van der Waals surface area contributed by atoms with Crippen LogP contribution in [0.1, 0.15) is 17.2 Å². The molecule has 5 heteroatoms. The van der Waals surface area contributed by atoms with Crippen LogP contribution in [-0.4, -0.2) is 7.11 Å². The van der Waals surface area contributed by atoms with Gasteiger partial charge in [-0.15, -0.1) is 0 Å². The third-order valence-corrected chi connectivity index (χ3v) is 4.12. The average Bonchev–Trinajstić information content (AvgIpc) is 2.41. The highest BCUT2D eigenvalue weighted by Gasteiger charge is 2.16. The molecule has 0 fully saturated rings. The Morgan fingerprint density at radius 3 is 2.65 bits per heavy atom. The Balaban J connectivity index is 2.29. The molecule has 0 spiro atoms. The van der Waals surface area contributed by atoms with Crippen LogP contribution < -0.4 is 10.5 Å². The van der Waals surface area contributed by atoms with Crippen molar-refractivity contribution in [2.45, 2.75) is 12.5 Å². The highest BCUT2D eigenvalue weighted by atomic mass is 79.9. The number of benzene rings is 2. The summed E-state index contributed by atoms with van der Waals surface area (Å²) in [7, 11) is 1.51. The lowest BCUT2D eigenvalue weighted by Crippen LogP contribution is -2.15. The second kappa shape index (κ2) is 6.70. The summed E-state index contributed by atoms with van der Waals surface area (Å²) < 4.78 is 20.1. The standard InChI is InChI=1S/C15H14Br2FNO/c1-20-15-8-13(18)12(17)7-11(15)14(19)6-9-3-2-4-10(16)5-9/h2-5,7-8,14H,6,19H2,1H3. The van der Waals surface area contributed by atoms with Crippen molar-refractivity contribution in [3.05, 3.63) is 62.3 Å². The molecule has 106 valence electrons. The number of rotatable bonds is 4. The third kappa shape index (κ3) is 3.59. The maximum Gasteiger partial charge on any atom is 0.141 e. The largest absolute Gasteiger partial charge is 0.496 e. The fraction of sp³-hybridized carbons (Fsp3) is 0.200. The van der Waals surface area contributed by atoms with Crippen molar-refractivity contribution in [3.63, 3.8) is 0 Å². The molecule has 1 unspecified atom stereocenters. The summed E-state index contributed by atoms with van der Waals surface area (Å²) in [6.45, 7) is 0. The minimum absolute atomic E-state index is 0.267. The van der Waals surface area contributed by atoms with E-state index in [0.717, 1.165) is 15.6 Å². The summed E-state index contributed by atoms with van der Waals surface area (Å²) in [5.41, 5.74) is 8.12. The lowest BCUT2D eigenvalue weighted by molar-refractivity contribution is 0.401. The highest BCUT2D eigenvalue weighted by molar-refractivity contribution is 9.10.